The Morgan fingerprint density at radius 2 is 2.22 bits per heavy atom. The van der Waals surface area contributed by atoms with E-state index in [9.17, 15) is 4.79 Å². The Morgan fingerprint density at radius 3 is 2.83 bits per heavy atom. The number of aryl methyl sites for hydroxylation is 1. The summed E-state index contributed by atoms with van der Waals surface area (Å²) in [5.74, 6) is 3.25. The number of ether oxygens (including phenoxy) is 1. The van der Waals surface area contributed by atoms with Gasteiger partial charge in [-0.05, 0) is 36.3 Å². The van der Waals surface area contributed by atoms with Gasteiger partial charge in [0.1, 0.15) is 5.75 Å². The molecule has 1 saturated heterocycles. The highest BCUT2D eigenvalue weighted by atomic mass is 32.2. The monoisotopic (exact) mass is 265 g/mol. The average molecular weight is 265 g/mol. The standard InChI is InChI=1S/C14H19NO2S/c1-17-13-5-2-11(3-6-13)4-7-14(16)15-12-8-9-18-10-12/h2-3,5-6,12H,4,7-10H2,1H3,(H,15,16). The summed E-state index contributed by atoms with van der Waals surface area (Å²) in [6, 6.07) is 8.27. The second-order valence-electron chi connectivity index (χ2n) is 4.48. The second-order valence-corrected chi connectivity index (χ2v) is 5.63. The largest absolute Gasteiger partial charge is 0.497 e. The van der Waals surface area contributed by atoms with Crippen LogP contribution in [0.5, 0.6) is 5.75 Å². The highest BCUT2D eigenvalue weighted by Gasteiger charge is 2.17. The number of nitrogens with one attached hydrogen (secondary N) is 1. The lowest BCUT2D eigenvalue weighted by Gasteiger charge is -2.11. The summed E-state index contributed by atoms with van der Waals surface area (Å²) in [4.78, 5) is 11.8. The SMILES string of the molecule is COc1ccc(CCC(=O)NC2CCSC2)cc1. The molecule has 1 aliphatic heterocycles. The lowest BCUT2D eigenvalue weighted by molar-refractivity contribution is -0.121. The van der Waals surface area contributed by atoms with E-state index >= 15 is 0 Å². The van der Waals surface area contributed by atoms with Crippen LogP contribution >= 0.6 is 11.8 Å². The molecule has 1 fully saturated rings. The molecule has 0 spiro atoms. The van der Waals surface area contributed by atoms with Crippen LogP contribution in [-0.4, -0.2) is 30.6 Å². The number of rotatable bonds is 5. The van der Waals surface area contributed by atoms with Crippen molar-refractivity contribution in [1.82, 2.24) is 5.32 Å². The van der Waals surface area contributed by atoms with E-state index in [0.717, 1.165) is 24.3 Å². The lowest BCUT2D eigenvalue weighted by atomic mass is 10.1. The van der Waals surface area contributed by atoms with Crippen molar-refractivity contribution in [3.63, 3.8) is 0 Å². The molecule has 0 aliphatic carbocycles. The van der Waals surface area contributed by atoms with Gasteiger partial charge in [-0.1, -0.05) is 12.1 Å². The van der Waals surface area contributed by atoms with E-state index in [2.05, 4.69) is 5.32 Å². The van der Waals surface area contributed by atoms with Crippen molar-refractivity contribution in [3.05, 3.63) is 29.8 Å². The van der Waals surface area contributed by atoms with Gasteiger partial charge in [-0.15, -0.1) is 0 Å². The van der Waals surface area contributed by atoms with Gasteiger partial charge in [-0.3, -0.25) is 4.79 Å². The van der Waals surface area contributed by atoms with Crippen molar-refractivity contribution in [2.24, 2.45) is 0 Å². The molecule has 0 aromatic heterocycles. The summed E-state index contributed by atoms with van der Waals surface area (Å²) < 4.78 is 5.10. The van der Waals surface area contributed by atoms with Crippen molar-refractivity contribution in [2.45, 2.75) is 25.3 Å². The summed E-state index contributed by atoms with van der Waals surface area (Å²) in [5.41, 5.74) is 1.17. The predicted molar refractivity (Wildman–Crippen MR) is 75.2 cm³/mol. The molecule has 1 N–H and O–H groups in total. The van der Waals surface area contributed by atoms with Crippen molar-refractivity contribution >= 4 is 17.7 Å². The van der Waals surface area contributed by atoms with Crippen molar-refractivity contribution in [3.8, 4) is 5.75 Å². The minimum atomic E-state index is 0.165. The molecule has 1 amide bonds. The molecular formula is C14H19NO2S. The minimum Gasteiger partial charge on any atom is -0.497 e. The number of methoxy groups -OCH3 is 1. The van der Waals surface area contributed by atoms with E-state index in [1.165, 1.54) is 11.3 Å². The Balaban J connectivity index is 1.74. The predicted octanol–water partition coefficient (Wildman–Crippen LogP) is 2.25. The number of carbonyl (C=O) groups excluding carboxylic acids is 1. The molecule has 1 aromatic rings. The van der Waals surface area contributed by atoms with E-state index in [-0.39, 0.29) is 5.91 Å². The van der Waals surface area contributed by atoms with Crippen molar-refractivity contribution in [2.75, 3.05) is 18.6 Å². The maximum absolute atomic E-state index is 11.8. The van der Waals surface area contributed by atoms with Crippen LogP contribution in [-0.2, 0) is 11.2 Å². The molecule has 1 heterocycles. The van der Waals surface area contributed by atoms with Crippen molar-refractivity contribution in [1.29, 1.82) is 0 Å². The first-order valence-corrected chi connectivity index (χ1v) is 7.43. The zero-order chi connectivity index (χ0) is 12.8. The molecule has 0 bridgehead atoms. The van der Waals surface area contributed by atoms with Gasteiger partial charge >= 0.3 is 0 Å². The molecule has 2 rings (SSSR count). The minimum absolute atomic E-state index is 0.165. The van der Waals surface area contributed by atoms with Crippen LogP contribution < -0.4 is 10.1 Å². The second kappa shape index (κ2) is 6.69. The summed E-state index contributed by atoms with van der Waals surface area (Å²) in [7, 11) is 1.65. The Hall–Kier alpha value is -1.16. The molecule has 3 nitrogen and oxygen atoms in total. The Labute approximate surface area is 112 Å². The van der Waals surface area contributed by atoms with Gasteiger partial charge in [0.15, 0.2) is 0 Å². The smallest absolute Gasteiger partial charge is 0.220 e. The number of amides is 1. The van der Waals surface area contributed by atoms with Crippen LogP contribution in [0, 0.1) is 0 Å². The van der Waals surface area contributed by atoms with E-state index in [4.69, 9.17) is 4.74 Å². The number of hydrogen-bond acceptors (Lipinski definition) is 3. The topological polar surface area (TPSA) is 38.3 Å². The molecule has 1 unspecified atom stereocenters. The molecule has 18 heavy (non-hydrogen) atoms. The number of thioether (sulfide) groups is 1. The normalized spacial score (nSPS) is 18.6. The average Bonchev–Trinajstić information content (AvgIpc) is 2.90. The first-order valence-electron chi connectivity index (χ1n) is 6.28. The molecule has 1 aromatic carbocycles. The van der Waals surface area contributed by atoms with Crippen LogP contribution in [0.2, 0.25) is 0 Å². The molecule has 0 saturated carbocycles. The Bertz CT molecular complexity index is 385. The van der Waals surface area contributed by atoms with E-state index in [1.807, 2.05) is 36.0 Å². The first kappa shape index (κ1) is 13.3. The van der Waals surface area contributed by atoms with Gasteiger partial charge in [0.25, 0.3) is 0 Å². The van der Waals surface area contributed by atoms with Gasteiger partial charge in [-0.2, -0.15) is 11.8 Å². The van der Waals surface area contributed by atoms with E-state index in [1.54, 1.807) is 7.11 Å². The fourth-order valence-corrected chi connectivity index (χ4v) is 3.15. The van der Waals surface area contributed by atoms with Gasteiger partial charge in [-0.25, -0.2) is 0 Å². The quantitative estimate of drug-likeness (QED) is 0.887. The highest BCUT2D eigenvalue weighted by Crippen LogP contribution is 2.17. The Kier molecular flexibility index (Phi) is 4.93. The van der Waals surface area contributed by atoms with Crippen molar-refractivity contribution < 1.29 is 9.53 Å². The number of hydrogen-bond donors (Lipinski definition) is 1. The summed E-state index contributed by atoms with van der Waals surface area (Å²) in [6.45, 7) is 0. The molecule has 4 heteroatoms. The molecule has 0 radical (unpaired) electrons. The fourth-order valence-electron chi connectivity index (χ4n) is 2.00. The first-order chi connectivity index (χ1) is 8.78. The third-order valence-corrected chi connectivity index (χ3v) is 4.26. The van der Waals surface area contributed by atoms with E-state index in [0.29, 0.717) is 12.5 Å². The van der Waals surface area contributed by atoms with Crippen LogP contribution in [0.1, 0.15) is 18.4 Å². The zero-order valence-electron chi connectivity index (χ0n) is 10.6. The molecule has 98 valence electrons. The highest BCUT2D eigenvalue weighted by molar-refractivity contribution is 7.99. The zero-order valence-corrected chi connectivity index (χ0v) is 11.5. The van der Waals surface area contributed by atoms with Crippen LogP contribution in [0.15, 0.2) is 24.3 Å². The van der Waals surface area contributed by atoms with Gasteiger partial charge in [0, 0.05) is 18.2 Å². The Morgan fingerprint density at radius 1 is 1.44 bits per heavy atom. The van der Waals surface area contributed by atoms with Gasteiger partial charge < -0.3 is 10.1 Å². The van der Waals surface area contributed by atoms with Gasteiger partial charge in [0.2, 0.25) is 5.91 Å². The summed E-state index contributed by atoms with van der Waals surface area (Å²) >= 11 is 1.91. The van der Waals surface area contributed by atoms with E-state index < -0.39 is 0 Å². The van der Waals surface area contributed by atoms with Crippen LogP contribution in [0.3, 0.4) is 0 Å². The summed E-state index contributed by atoms with van der Waals surface area (Å²) in [5, 5.41) is 3.09. The molecular weight excluding hydrogens is 246 g/mol. The lowest BCUT2D eigenvalue weighted by Crippen LogP contribution is -2.34. The number of carbonyl (C=O) groups is 1. The molecule has 1 atom stereocenters. The van der Waals surface area contributed by atoms with Crippen LogP contribution in [0.4, 0.5) is 0 Å². The maximum atomic E-state index is 11.8. The molecule has 1 aliphatic rings. The third-order valence-electron chi connectivity index (χ3n) is 3.09. The third kappa shape index (κ3) is 3.95. The van der Waals surface area contributed by atoms with Crippen LogP contribution in [0.25, 0.3) is 0 Å². The van der Waals surface area contributed by atoms with Gasteiger partial charge in [0.05, 0.1) is 7.11 Å². The number of benzene rings is 1. The fraction of sp³-hybridized carbons (Fsp3) is 0.500. The maximum Gasteiger partial charge on any atom is 0.220 e. The summed E-state index contributed by atoms with van der Waals surface area (Å²) in [6.07, 6.45) is 2.46.